The third kappa shape index (κ3) is 4.54. The van der Waals surface area contributed by atoms with Crippen molar-refractivity contribution >= 4 is 38.3 Å². The Morgan fingerprint density at radius 3 is 2.83 bits per heavy atom. The minimum Gasteiger partial charge on any atom is -0.353 e. The number of piperidine rings is 1. The smallest absolute Gasteiger partial charge is 0.220 e. The van der Waals surface area contributed by atoms with Gasteiger partial charge in [-0.15, -0.1) is 11.3 Å². The van der Waals surface area contributed by atoms with Gasteiger partial charge in [-0.1, -0.05) is 34.1 Å². The largest absolute Gasteiger partial charge is 0.353 e. The van der Waals surface area contributed by atoms with Gasteiger partial charge in [-0.25, -0.2) is 4.98 Å². The zero-order valence-electron chi connectivity index (χ0n) is 12.9. The summed E-state index contributed by atoms with van der Waals surface area (Å²) in [5, 5.41) is 6.27. The third-order valence-corrected chi connectivity index (χ3v) is 5.73. The van der Waals surface area contributed by atoms with Gasteiger partial charge in [0.25, 0.3) is 0 Å². The van der Waals surface area contributed by atoms with Gasteiger partial charge >= 0.3 is 0 Å². The molecule has 122 valence electrons. The van der Waals surface area contributed by atoms with Crippen molar-refractivity contribution in [2.24, 2.45) is 0 Å². The zero-order valence-corrected chi connectivity index (χ0v) is 15.3. The van der Waals surface area contributed by atoms with Crippen molar-refractivity contribution in [1.82, 2.24) is 10.3 Å². The second-order valence-corrected chi connectivity index (χ2v) is 7.46. The molecule has 1 aliphatic rings. The molecule has 1 aromatic carbocycles. The first-order valence-corrected chi connectivity index (χ1v) is 9.57. The molecular formula is C17H20BrN3OS. The van der Waals surface area contributed by atoms with E-state index in [1.165, 1.54) is 5.56 Å². The molecule has 2 aromatic rings. The van der Waals surface area contributed by atoms with Gasteiger partial charge in [-0.3, -0.25) is 4.79 Å². The number of anilines is 1. The number of carbonyl (C=O) groups is 1. The number of benzene rings is 1. The number of carbonyl (C=O) groups excluding carboxylic acids is 1. The number of rotatable bonds is 5. The lowest BCUT2D eigenvalue weighted by Gasteiger charge is -2.32. The molecule has 1 aromatic heterocycles. The van der Waals surface area contributed by atoms with Crippen LogP contribution in [0.5, 0.6) is 0 Å². The van der Waals surface area contributed by atoms with E-state index in [0.29, 0.717) is 6.42 Å². The minimum absolute atomic E-state index is 0.147. The summed E-state index contributed by atoms with van der Waals surface area (Å²) in [5.74, 6) is 0.147. The van der Waals surface area contributed by atoms with Gasteiger partial charge in [-0.2, -0.15) is 0 Å². The molecule has 0 spiro atoms. The normalized spacial score (nSPS) is 15.6. The maximum atomic E-state index is 12.2. The van der Waals surface area contributed by atoms with Crippen molar-refractivity contribution in [3.05, 3.63) is 45.9 Å². The molecule has 1 amide bonds. The van der Waals surface area contributed by atoms with Crippen molar-refractivity contribution in [2.75, 3.05) is 18.0 Å². The first-order chi connectivity index (χ1) is 11.2. The van der Waals surface area contributed by atoms with Gasteiger partial charge in [-0.05, 0) is 30.9 Å². The number of hydrogen-bond donors (Lipinski definition) is 1. The van der Waals surface area contributed by atoms with Crippen molar-refractivity contribution in [2.45, 2.75) is 31.7 Å². The van der Waals surface area contributed by atoms with E-state index in [2.05, 4.69) is 37.2 Å². The molecule has 0 bridgehead atoms. The van der Waals surface area contributed by atoms with Crippen molar-refractivity contribution in [1.29, 1.82) is 0 Å². The highest BCUT2D eigenvalue weighted by Gasteiger charge is 2.21. The third-order valence-electron chi connectivity index (χ3n) is 4.13. The van der Waals surface area contributed by atoms with E-state index in [0.717, 1.165) is 42.0 Å². The summed E-state index contributed by atoms with van der Waals surface area (Å²) in [6, 6.07) is 8.36. The summed E-state index contributed by atoms with van der Waals surface area (Å²) in [6.07, 6.45) is 5.12. The molecule has 23 heavy (non-hydrogen) atoms. The first-order valence-electron chi connectivity index (χ1n) is 7.89. The number of hydrogen-bond acceptors (Lipinski definition) is 4. The van der Waals surface area contributed by atoms with E-state index in [4.69, 9.17) is 0 Å². The van der Waals surface area contributed by atoms with E-state index in [-0.39, 0.29) is 11.9 Å². The highest BCUT2D eigenvalue weighted by atomic mass is 79.9. The summed E-state index contributed by atoms with van der Waals surface area (Å²) in [6.45, 7) is 1.92. The van der Waals surface area contributed by atoms with E-state index < -0.39 is 0 Å². The Morgan fingerprint density at radius 2 is 2.13 bits per heavy atom. The Balaban J connectivity index is 1.42. The van der Waals surface area contributed by atoms with E-state index in [9.17, 15) is 4.79 Å². The van der Waals surface area contributed by atoms with E-state index in [1.807, 2.05) is 29.8 Å². The Hall–Kier alpha value is -1.40. The molecule has 1 aliphatic heterocycles. The molecule has 0 saturated carbocycles. The van der Waals surface area contributed by atoms with Gasteiger partial charge < -0.3 is 10.2 Å². The predicted octanol–water partition coefficient (Wildman–Crippen LogP) is 3.62. The molecule has 0 unspecified atom stereocenters. The molecule has 1 N–H and O–H groups in total. The van der Waals surface area contributed by atoms with Gasteiger partial charge in [0.1, 0.15) is 0 Å². The van der Waals surface area contributed by atoms with Crippen LogP contribution in [0.4, 0.5) is 5.13 Å². The molecule has 1 fully saturated rings. The van der Waals surface area contributed by atoms with Gasteiger partial charge in [0.15, 0.2) is 5.13 Å². The van der Waals surface area contributed by atoms with Gasteiger partial charge in [0.2, 0.25) is 5.91 Å². The second-order valence-electron chi connectivity index (χ2n) is 5.73. The fourth-order valence-corrected chi connectivity index (χ4v) is 4.02. The standard InChI is InChI=1S/C17H20BrN3OS/c18-15-4-2-1-3-13(15)5-6-16(22)20-14-7-10-21(11-8-14)17-19-9-12-23-17/h1-4,9,12,14H,5-8,10-11H2,(H,20,22). The van der Waals surface area contributed by atoms with E-state index in [1.54, 1.807) is 11.3 Å². The Bertz CT molecular complexity index is 639. The molecular weight excluding hydrogens is 374 g/mol. The van der Waals surface area contributed by atoms with Crippen molar-refractivity contribution in [3.8, 4) is 0 Å². The summed E-state index contributed by atoms with van der Waals surface area (Å²) in [4.78, 5) is 18.8. The highest BCUT2D eigenvalue weighted by Crippen LogP contribution is 2.22. The van der Waals surface area contributed by atoms with Gasteiger partial charge in [0.05, 0.1) is 0 Å². The summed E-state index contributed by atoms with van der Waals surface area (Å²) in [5.41, 5.74) is 1.18. The number of aromatic nitrogens is 1. The number of thiazole rings is 1. The fourth-order valence-electron chi connectivity index (χ4n) is 2.84. The summed E-state index contributed by atoms with van der Waals surface area (Å²) >= 11 is 5.20. The maximum absolute atomic E-state index is 12.2. The number of amides is 1. The van der Waals surface area contributed by atoms with Crippen LogP contribution in [0, 0.1) is 0 Å². The monoisotopic (exact) mass is 393 g/mol. The predicted molar refractivity (Wildman–Crippen MR) is 98.0 cm³/mol. The molecule has 0 radical (unpaired) electrons. The van der Waals surface area contributed by atoms with Crippen LogP contribution in [0.1, 0.15) is 24.8 Å². The molecule has 6 heteroatoms. The van der Waals surface area contributed by atoms with Crippen LogP contribution in [0.15, 0.2) is 40.3 Å². The first kappa shape index (κ1) is 16.5. The topological polar surface area (TPSA) is 45.2 Å². The number of aryl methyl sites for hydroxylation is 1. The maximum Gasteiger partial charge on any atom is 0.220 e. The number of nitrogens with zero attached hydrogens (tertiary/aromatic N) is 2. The lowest BCUT2D eigenvalue weighted by molar-refractivity contribution is -0.121. The SMILES string of the molecule is O=C(CCc1ccccc1Br)NC1CCN(c2nccs2)CC1. The Morgan fingerprint density at radius 1 is 1.35 bits per heavy atom. The van der Waals surface area contributed by atoms with Crippen LogP contribution in [0.25, 0.3) is 0 Å². The minimum atomic E-state index is 0.147. The molecule has 4 nitrogen and oxygen atoms in total. The van der Waals surface area contributed by atoms with Crippen molar-refractivity contribution < 1.29 is 4.79 Å². The fraction of sp³-hybridized carbons (Fsp3) is 0.412. The Kier molecular flexibility index (Phi) is 5.67. The van der Waals surface area contributed by atoms with Crippen LogP contribution in [0.2, 0.25) is 0 Å². The zero-order chi connectivity index (χ0) is 16.1. The van der Waals surface area contributed by atoms with Crippen LogP contribution in [-0.4, -0.2) is 30.0 Å². The van der Waals surface area contributed by atoms with Crippen molar-refractivity contribution in [3.63, 3.8) is 0 Å². The molecule has 1 saturated heterocycles. The molecule has 2 heterocycles. The lowest BCUT2D eigenvalue weighted by Crippen LogP contribution is -2.44. The Labute approximate surface area is 149 Å². The van der Waals surface area contributed by atoms with Crippen LogP contribution in [-0.2, 0) is 11.2 Å². The lowest BCUT2D eigenvalue weighted by atomic mass is 10.0. The molecule has 0 aliphatic carbocycles. The number of halogens is 1. The summed E-state index contributed by atoms with van der Waals surface area (Å²) in [7, 11) is 0. The molecule has 3 rings (SSSR count). The van der Waals surface area contributed by atoms with Crippen LogP contribution in [0.3, 0.4) is 0 Å². The van der Waals surface area contributed by atoms with E-state index >= 15 is 0 Å². The average Bonchev–Trinajstić information content (AvgIpc) is 3.09. The van der Waals surface area contributed by atoms with Crippen LogP contribution < -0.4 is 10.2 Å². The quantitative estimate of drug-likeness (QED) is 0.843. The average molecular weight is 394 g/mol. The second kappa shape index (κ2) is 7.93. The highest BCUT2D eigenvalue weighted by molar-refractivity contribution is 9.10. The number of nitrogens with one attached hydrogen (secondary N) is 1. The summed E-state index contributed by atoms with van der Waals surface area (Å²) < 4.78 is 1.07. The van der Waals surface area contributed by atoms with Crippen LogP contribution >= 0.6 is 27.3 Å². The molecule has 0 atom stereocenters. The van der Waals surface area contributed by atoms with Gasteiger partial charge in [0, 0.05) is 41.6 Å².